The summed E-state index contributed by atoms with van der Waals surface area (Å²) in [5.74, 6) is -0.784. The molecule has 0 saturated heterocycles. The van der Waals surface area contributed by atoms with Crippen LogP contribution in [-0.2, 0) is 4.79 Å². The van der Waals surface area contributed by atoms with Gasteiger partial charge in [-0.15, -0.1) is 0 Å². The summed E-state index contributed by atoms with van der Waals surface area (Å²) >= 11 is 0. The van der Waals surface area contributed by atoms with Gasteiger partial charge in [-0.3, -0.25) is 14.8 Å². The molecule has 0 saturated carbocycles. The van der Waals surface area contributed by atoms with E-state index in [0.29, 0.717) is 12.1 Å². The quantitative estimate of drug-likeness (QED) is 0.607. The van der Waals surface area contributed by atoms with E-state index in [1.807, 2.05) is 26.0 Å². The highest BCUT2D eigenvalue weighted by atomic mass is 16.5. The molecule has 1 rings (SSSR count). The molecule has 0 aliphatic carbocycles. The third-order valence-electron chi connectivity index (χ3n) is 2.83. The minimum Gasteiger partial charge on any atom is -0.329 e. The molecule has 5 heteroatoms. The van der Waals surface area contributed by atoms with Crippen molar-refractivity contribution in [3.8, 4) is 0 Å². The minimum atomic E-state index is -0.587. The highest BCUT2D eigenvalue weighted by Crippen LogP contribution is 2.08. The van der Waals surface area contributed by atoms with Crippen molar-refractivity contribution >= 4 is 11.8 Å². The average Bonchev–Trinajstić information content (AvgIpc) is 2.43. The van der Waals surface area contributed by atoms with Gasteiger partial charge in [0.05, 0.1) is 0 Å². The van der Waals surface area contributed by atoms with Crippen LogP contribution < -0.4 is 5.48 Å². The Balaban J connectivity index is 2.80. The van der Waals surface area contributed by atoms with Crippen LogP contribution in [0.3, 0.4) is 0 Å². The van der Waals surface area contributed by atoms with Crippen LogP contribution in [0.4, 0.5) is 0 Å². The molecule has 0 heterocycles. The number of hydrogen-bond donors (Lipinski definition) is 2. The Bertz CT molecular complexity index is 429. The molecular formula is C14H20N2O3. The molecule has 0 fully saturated rings. The Morgan fingerprint density at radius 3 is 2.42 bits per heavy atom. The van der Waals surface area contributed by atoms with E-state index in [4.69, 9.17) is 5.21 Å². The summed E-state index contributed by atoms with van der Waals surface area (Å²) in [5.41, 5.74) is 3.18. The fraction of sp³-hybridized carbons (Fsp3) is 0.429. The summed E-state index contributed by atoms with van der Waals surface area (Å²) in [6.45, 7) is 4.32. The Labute approximate surface area is 113 Å². The standard InChI is InChI=1S/C14H20N2O3/c1-3-4-9-16(10-13(17)15-19)14(18)12-7-5-11(2)6-8-12/h5-8,19H,3-4,9-10H2,1-2H3,(H,15,17). The Kier molecular flexibility index (Phi) is 6.02. The molecule has 1 aromatic carbocycles. The van der Waals surface area contributed by atoms with Crippen molar-refractivity contribution in [3.05, 3.63) is 35.4 Å². The Hall–Kier alpha value is -1.88. The van der Waals surface area contributed by atoms with Crippen LogP contribution in [0.1, 0.15) is 35.7 Å². The van der Waals surface area contributed by atoms with E-state index < -0.39 is 5.91 Å². The highest BCUT2D eigenvalue weighted by Gasteiger charge is 2.17. The largest absolute Gasteiger partial charge is 0.329 e. The zero-order chi connectivity index (χ0) is 14.3. The summed E-state index contributed by atoms with van der Waals surface area (Å²) in [5, 5.41) is 8.56. The second kappa shape index (κ2) is 7.53. The average molecular weight is 264 g/mol. The van der Waals surface area contributed by atoms with Crippen LogP contribution in [0.15, 0.2) is 24.3 Å². The van der Waals surface area contributed by atoms with Crippen molar-refractivity contribution in [2.75, 3.05) is 13.1 Å². The van der Waals surface area contributed by atoms with Gasteiger partial charge in [-0.25, -0.2) is 5.48 Å². The van der Waals surface area contributed by atoms with Crippen LogP contribution in [0.25, 0.3) is 0 Å². The van der Waals surface area contributed by atoms with Crippen LogP contribution in [0, 0.1) is 6.92 Å². The van der Waals surface area contributed by atoms with Crippen molar-refractivity contribution in [2.24, 2.45) is 0 Å². The molecule has 0 unspecified atom stereocenters. The van der Waals surface area contributed by atoms with Crippen LogP contribution >= 0.6 is 0 Å². The number of nitrogens with one attached hydrogen (secondary N) is 1. The van der Waals surface area contributed by atoms with Crippen molar-refractivity contribution < 1.29 is 14.8 Å². The number of carbonyl (C=O) groups is 2. The van der Waals surface area contributed by atoms with Gasteiger partial charge in [-0.2, -0.15) is 0 Å². The van der Waals surface area contributed by atoms with Gasteiger partial charge in [0.1, 0.15) is 6.54 Å². The molecule has 0 bridgehead atoms. The number of unbranched alkanes of at least 4 members (excludes halogenated alkanes) is 1. The maximum Gasteiger partial charge on any atom is 0.262 e. The van der Waals surface area contributed by atoms with E-state index in [1.165, 1.54) is 4.90 Å². The number of carbonyl (C=O) groups excluding carboxylic acids is 2. The Morgan fingerprint density at radius 2 is 1.89 bits per heavy atom. The lowest BCUT2D eigenvalue weighted by Gasteiger charge is -2.21. The van der Waals surface area contributed by atoms with Crippen molar-refractivity contribution in [1.82, 2.24) is 10.4 Å². The maximum absolute atomic E-state index is 12.3. The molecule has 0 aliphatic heterocycles. The number of hydroxylamine groups is 1. The predicted octanol–water partition coefficient (Wildman–Crippen LogP) is 1.74. The summed E-state index contributed by atoms with van der Waals surface area (Å²) in [7, 11) is 0. The first-order chi connectivity index (χ1) is 9.08. The summed E-state index contributed by atoms with van der Waals surface area (Å²) in [4.78, 5) is 24.9. The predicted molar refractivity (Wildman–Crippen MR) is 71.9 cm³/mol. The number of hydrogen-bond acceptors (Lipinski definition) is 3. The van der Waals surface area contributed by atoms with Crippen LogP contribution in [-0.4, -0.2) is 35.0 Å². The molecule has 104 valence electrons. The van der Waals surface area contributed by atoms with E-state index >= 15 is 0 Å². The molecule has 0 atom stereocenters. The molecule has 2 amide bonds. The van der Waals surface area contributed by atoms with Crippen LogP contribution in [0.2, 0.25) is 0 Å². The Morgan fingerprint density at radius 1 is 1.26 bits per heavy atom. The van der Waals surface area contributed by atoms with E-state index in [0.717, 1.165) is 18.4 Å². The van der Waals surface area contributed by atoms with Gasteiger partial charge in [0.2, 0.25) is 0 Å². The maximum atomic E-state index is 12.3. The van der Waals surface area contributed by atoms with Gasteiger partial charge >= 0.3 is 0 Å². The third-order valence-corrected chi connectivity index (χ3v) is 2.83. The molecule has 5 nitrogen and oxygen atoms in total. The van der Waals surface area contributed by atoms with Gasteiger partial charge in [0.25, 0.3) is 11.8 Å². The molecule has 1 aromatic rings. The van der Waals surface area contributed by atoms with Crippen molar-refractivity contribution in [1.29, 1.82) is 0 Å². The second-order valence-corrected chi connectivity index (χ2v) is 4.48. The summed E-state index contributed by atoms with van der Waals surface area (Å²) < 4.78 is 0. The lowest BCUT2D eigenvalue weighted by molar-refractivity contribution is -0.129. The van der Waals surface area contributed by atoms with Gasteiger partial charge in [-0.05, 0) is 25.5 Å². The lowest BCUT2D eigenvalue weighted by atomic mass is 10.1. The topological polar surface area (TPSA) is 69.6 Å². The van der Waals surface area contributed by atoms with E-state index in [1.54, 1.807) is 17.6 Å². The number of benzene rings is 1. The first-order valence-electron chi connectivity index (χ1n) is 6.37. The first-order valence-corrected chi connectivity index (χ1v) is 6.37. The first kappa shape index (κ1) is 15.2. The van der Waals surface area contributed by atoms with Crippen molar-refractivity contribution in [2.45, 2.75) is 26.7 Å². The third kappa shape index (κ3) is 4.71. The lowest BCUT2D eigenvalue weighted by Crippen LogP contribution is -2.40. The summed E-state index contributed by atoms with van der Waals surface area (Å²) in [6, 6.07) is 7.20. The molecule has 0 radical (unpaired) electrons. The minimum absolute atomic E-state index is 0.136. The van der Waals surface area contributed by atoms with E-state index in [2.05, 4.69) is 0 Å². The monoisotopic (exact) mass is 264 g/mol. The van der Waals surface area contributed by atoms with Crippen LogP contribution in [0.5, 0.6) is 0 Å². The number of rotatable bonds is 6. The number of amides is 2. The fourth-order valence-corrected chi connectivity index (χ4v) is 1.69. The van der Waals surface area contributed by atoms with E-state index in [-0.39, 0.29) is 12.5 Å². The molecule has 0 aliphatic rings. The fourth-order valence-electron chi connectivity index (χ4n) is 1.69. The molecule has 0 spiro atoms. The van der Waals surface area contributed by atoms with E-state index in [9.17, 15) is 9.59 Å². The molecule has 0 aromatic heterocycles. The summed E-state index contributed by atoms with van der Waals surface area (Å²) in [6.07, 6.45) is 1.74. The van der Waals surface area contributed by atoms with Gasteiger partial charge in [-0.1, -0.05) is 31.0 Å². The molecule has 19 heavy (non-hydrogen) atoms. The van der Waals surface area contributed by atoms with Gasteiger partial charge < -0.3 is 4.90 Å². The highest BCUT2D eigenvalue weighted by molar-refractivity contribution is 5.96. The zero-order valence-corrected chi connectivity index (χ0v) is 11.3. The molecule has 2 N–H and O–H groups in total. The zero-order valence-electron chi connectivity index (χ0n) is 11.3. The number of aryl methyl sites for hydroxylation is 1. The molecular weight excluding hydrogens is 244 g/mol. The smallest absolute Gasteiger partial charge is 0.262 e. The normalized spacial score (nSPS) is 10.1. The van der Waals surface area contributed by atoms with Gasteiger partial charge in [0.15, 0.2) is 0 Å². The second-order valence-electron chi connectivity index (χ2n) is 4.48. The van der Waals surface area contributed by atoms with Gasteiger partial charge in [0, 0.05) is 12.1 Å². The SMILES string of the molecule is CCCCN(CC(=O)NO)C(=O)c1ccc(C)cc1. The van der Waals surface area contributed by atoms with Crippen molar-refractivity contribution in [3.63, 3.8) is 0 Å². The number of nitrogens with zero attached hydrogens (tertiary/aromatic N) is 1.